The SMILES string of the molecule is CC(C)c1ccc(/C=C(\NC(=O)c2ccccc2)C(=O)Nc2cccc(SCC(=O)N3c4ccccc4CCc4ccccc43)c2)cc1. The molecule has 5 aromatic carbocycles. The van der Waals surface area contributed by atoms with E-state index >= 15 is 0 Å². The third-order valence-corrected chi connectivity index (χ3v) is 9.25. The Labute approximate surface area is 285 Å². The molecular formula is C41H37N3O3S. The summed E-state index contributed by atoms with van der Waals surface area (Å²) < 4.78 is 0. The second kappa shape index (κ2) is 15.0. The van der Waals surface area contributed by atoms with Gasteiger partial charge in [-0.3, -0.25) is 19.3 Å². The zero-order valence-electron chi connectivity index (χ0n) is 27.0. The second-order valence-electron chi connectivity index (χ2n) is 12.0. The van der Waals surface area contributed by atoms with E-state index in [0.717, 1.165) is 45.8 Å². The molecule has 0 radical (unpaired) electrons. The Morgan fingerprint density at radius 1 is 0.750 bits per heavy atom. The monoisotopic (exact) mass is 651 g/mol. The van der Waals surface area contributed by atoms with Gasteiger partial charge in [0.25, 0.3) is 11.8 Å². The van der Waals surface area contributed by atoms with Gasteiger partial charge in [0.15, 0.2) is 0 Å². The number of amides is 3. The van der Waals surface area contributed by atoms with Gasteiger partial charge in [0, 0.05) is 16.1 Å². The molecule has 240 valence electrons. The minimum absolute atomic E-state index is 0.0198. The summed E-state index contributed by atoms with van der Waals surface area (Å²) in [6, 6.07) is 40.3. The Balaban J connectivity index is 1.19. The van der Waals surface area contributed by atoms with E-state index in [9.17, 15) is 14.4 Å². The number of nitrogens with zero attached hydrogens (tertiary/aromatic N) is 1. The number of carbonyl (C=O) groups is 3. The van der Waals surface area contributed by atoms with Gasteiger partial charge in [0.2, 0.25) is 5.91 Å². The largest absolute Gasteiger partial charge is 0.321 e. The van der Waals surface area contributed by atoms with Crippen molar-refractivity contribution in [3.8, 4) is 0 Å². The Kier molecular flexibility index (Phi) is 10.2. The minimum atomic E-state index is -0.455. The van der Waals surface area contributed by atoms with Crippen LogP contribution in [0.4, 0.5) is 17.1 Å². The van der Waals surface area contributed by atoms with E-state index in [1.54, 1.807) is 36.4 Å². The molecule has 0 saturated heterocycles. The van der Waals surface area contributed by atoms with Crippen molar-refractivity contribution < 1.29 is 14.4 Å². The second-order valence-corrected chi connectivity index (χ2v) is 13.0. The van der Waals surface area contributed by atoms with Crippen LogP contribution >= 0.6 is 11.8 Å². The summed E-state index contributed by atoms with van der Waals surface area (Å²) in [6.45, 7) is 4.25. The number of thioether (sulfide) groups is 1. The van der Waals surface area contributed by atoms with E-state index in [2.05, 4.69) is 36.6 Å². The molecule has 1 heterocycles. The van der Waals surface area contributed by atoms with E-state index in [0.29, 0.717) is 17.2 Å². The van der Waals surface area contributed by atoms with Crippen molar-refractivity contribution in [1.29, 1.82) is 0 Å². The van der Waals surface area contributed by atoms with Gasteiger partial charge in [-0.15, -0.1) is 11.8 Å². The third-order valence-electron chi connectivity index (χ3n) is 8.28. The van der Waals surface area contributed by atoms with Crippen LogP contribution < -0.4 is 15.5 Å². The fourth-order valence-corrected chi connectivity index (χ4v) is 6.51. The maximum absolute atomic E-state index is 13.8. The maximum Gasteiger partial charge on any atom is 0.272 e. The summed E-state index contributed by atoms with van der Waals surface area (Å²) in [5.74, 6) is -0.267. The molecule has 48 heavy (non-hydrogen) atoms. The molecule has 5 aromatic rings. The van der Waals surface area contributed by atoms with E-state index in [1.165, 1.54) is 17.3 Å². The normalized spacial score (nSPS) is 12.5. The Bertz CT molecular complexity index is 1920. The summed E-state index contributed by atoms with van der Waals surface area (Å²) in [7, 11) is 0. The molecular weight excluding hydrogens is 615 g/mol. The molecule has 0 spiro atoms. The molecule has 2 N–H and O–H groups in total. The number of rotatable bonds is 9. The molecule has 0 aliphatic carbocycles. The van der Waals surface area contributed by atoms with Gasteiger partial charge in [-0.1, -0.05) is 98.8 Å². The van der Waals surface area contributed by atoms with Gasteiger partial charge >= 0.3 is 0 Å². The van der Waals surface area contributed by atoms with Crippen LogP contribution in [0.1, 0.15) is 52.4 Å². The van der Waals surface area contributed by atoms with Crippen molar-refractivity contribution in [2.75, 3.05) is 16.0 Å². The average molecular weight is 652 g/mol. The van der Waals surface area contributed by atoms with Crippen LogP contribution in [0, 0.1) is 0 Å². The summed E-state index contributed by atoms with van der Waals surface area (Å²) >= 11 is 1.42. The highest BCUT2D eigenvalue weighted by atomic mass is 32.2. The number of hydrogen-bond donors (Lipinski definition) is 2. The Hall–Kier alpha value is -5.40. The Morgan fingerprint density at radius 3 is 2.02 bits per heavy atom. The van der Waals surface area contributed by atoms with Crippen LogP contribution in [-0.4, -0.2) is 23.5 Å². The van der Waals surface area contributed by atoms with Crippen molar-refractivity contribution in [1.82, 2.24) is 5.32 Å². The number of anilines is 3. The number of aryl methyl sites for hydroxylation is 2. The first-order valence-corrected chi connectivity index (χ1v) is 17.1. The van der Waals surface area contributed by atoms with E-state index in [-0.39, 0.29) is 23.3 Å². The molecule has 7 heteroatoms. The molecule has 3 amide bonds. The predicted octanol–water partition coefficient (Wildman–Crippen LogP) is 8.78. The molecule has 0 unspecified atom stereocenters. The molecule has 0 bridgehead atoms. The van der Waals surface area contributed by atoms with Gasteiger partial charge in [-0.05, 0) is 89.6 Å². The zero-order valence-corrected chi connectivity index (χ0v) is 27.8. The fourth-order valence-electron chi connectivity index (χ4n) is 5.71. The lowest BCUT2D eigenvalue weighted by Crippen LogP contribution is -2.30. The molecule has 1 aliphatic heterocycles. The quantitative estimate of drug-likeness (QED) is 0.123. The lowest BCUT2D eigenvalue weighted by molar-refractivity contribution is -0.115. The molecule has 1 aliphatic rings. The summed E-state index contributed by atoms with van der Waals surface area (Å²) in [5.41, 5.74) is 7.23. The van der Waals surface area contributed by atoms with E-state index in [1.807, 2.05) is 89.8 Å². The lowest BCUT2D eigenvalue weighted by Gasteiger charge is -2.25. The van der Waals surface area contributed by atoms with Crippen LogP contribution in [0.3, 0.4) is 0 Å². The summed E-state index contributed by atoms with van der Waals surface area (Å²) in [5, 5.41) is 5.75. The van der Waals surface area contributed by atoms with Crippen LogP contribution in [-0.2, 0) is 22.4 Å². The first-order chi connectivity index (χ1) is 23.4. The molecule has 0 saturated carbocycles. The average Bonchev–Trinajstić information content (AvgIpc) is 3.28. The van der Waals surface area contributed by atoms with Crippen molar-refractivity contribution in [2.45, 2.75) is 37.5 Å². The number of para-hydroxylation sites is 2. The smallest absolute Gasteiger partial charge is 0.272 e. The van der Waals surface area contributed by atoms with Crippen molar-refractivity contribution in [3.63, 3.8) is 0 Å². The predicted molar refractivity (Wildman–Crippen MR) is 196 cm³/mol. The molecule has 0 aromatic heterocycles. The molecule has 6 nitrogen and oxygen atoms in total. The van der Waals surface area contributed by atoms with Crippen LogP contribution in [0.25, 0.3) is 6.08 Å². The molecule has 0 fully saturated rings. The van der Waals surface area contributed by atoms with E-state index in [4.69, 9.17) is 0 Å². The summed E-state index contributed by atoms with van der Waals surface area (Å²) in [6.07, 6.45) is 3.42. The number of carbonyl (C=O) groups excluding carboxylic acids is 3. The highest BCUT2D eigenvalue weighted by Gasteiger charge is 2.25. The summed E-state index contributed by atoms with van der Waals surface area (Å²) in [4.78, 5) is 43.2. The van der Waals surface area contributed by atoms with Crippen molar-refractivity contribution >= 4 is 52.6 Å². The zero-order chi connectivity index (χ0) is 33.5. The third kappa shape index (κ3) is 7.76. The van der Waals surface area contributed by atoms with Crippen LogP contribution in [0.2, 0.25) is 0 Å². The van der Waals surface area contributed by atoms with Gasteiger partial charge in [0.05, 0.1) is 17.1 Å². The highest BCUT2D eigenvalue weighted by molar-refractivity contribution is 8.00. The first-order valence-electron chi connectivity index (χ1n) is 16.1. The number of nitrogens with one attached hydrogen (secondary N) is 2. The number of hydrogen-bond acceptors (Lipinski definition) is 4. The minimum Gasteiger partial charge on any atom is -0.321 e. The Morgan fingerprint density at radius 2 is 1.38 bits per heavy atom. The number of benzene rings is 5. The van der Waals surface area contributed by atoms with Crippen LogP contribution in [0.5, 0.6) is 0 Å². The topological polar surface area (TPSA) is 78.5 Å². The standard InChI is InChI=1S/C41H37N3O3S/c1-28(2)30-21-19-29(20-22-30)25-36(43-40(46)33-13-4-3-5-14-33)41(47)42-34-15-10-16-35(26-34)48-27-39(45)44-37-17-8-6-11-31(37)23-24-32-12-7-9-18-38(32)44/h3-22,25-26,28H,23-24,27H2,1-2H3,(H,42,47)(H,43,46)/b36-25-. The molecule has 6 rings (SSSR count). The molecule has 0 atom stereocenters. The van der Waals surface area contributed by atoms with Crippen molar-refractivity contribution in [2.24, 2.45) is 0 Å². The number of fused-ring (bicyclic) bond motifs is 2. The lowest BCUT2D eigenvalue weighted by atomic mass is 10.0. The van der Waals surface area contributed by atoms with Crippen molar-refractivity contribution in [3.05, 3.63) is 161 Å². The van der Waals surface area contributed by atoms with Crippen LogP contribution in [0.15, 0.2) is 138 Å². The fraction of sp³-hybridized carbons (Fsp3) is 0.146. The van der Waals surface area contributed by atoms with Gasteiger partial charge in [0.1, 0.15) is 5.70 Å². The van der Waals surface area contributed by atoms with Gasteiger partial charge in [-0.2, -0.15) is 0 Å². The van der Waals surface area contributed by atoms with Gasteiger partial charge in [-0.25, -0.2) is 0 Å². The first kappa shape index (κ1) is 32.5. The maximum atomic E-state index is 13.8. The van der Waals surface area contributed by atoms with Gasteiger partial charge < -0.3 is 10.6 Å². The highest BCUT2D eigenvalue weighted by Crippen LogP contribution is 2.37. The van der Waals surface area contributed by atoms with E-state index < -0.39 is 5.91 Å².